The molecule has 0 amide bonds. The molecule has 0 aromatic carbocycles. The first kappa shape index (κ1) is 15.2. The van der Waals surface area contributed by atoms with Crippen LogP contribution in [-0.2, 0) is 0 Å². The Balaban J connectivity index is 2.71. The Morgan fingerprint density at radius 3 is 2.47 bits per heavy atom. The summed E-state index contributed by atoms with van der Waals surface area (Å²) in [7, 11) is 0. The molecule has 1 aliphatic rings. The van der Waals surface area contributed by atoms with E-state index in [1.807, 2.05) is 9.91 Å². The number of halogens is 3. The van der Waals surface area contributed by atoms with E-state index in [4.69, 9.17) is 34.8 Å². The van der Waals surface area contributed by atoms with Crippen LogP contribution in [0.2, 0.25) is 0 Å². The first-order valence-electron chi connectivity index (χ1n) is 5.99. The summed E-state index contributed by atoms with van der Waals surface area (Å²) < 4.78 is -1.35. The molecule has 0 aliphatic carbocycles. The summed E-state index contributed by atoms with van der Waals surface area (Å²) in [6.45, 7) is 8.07. The van der Waals surface area contributed by atoms with Crippen LogP contribution in [0.1, 0.15) is 33.6 Å². The Bertz CT molecular complexity index is 263. The van der Waals surface area contributed by atoms with E-state index in [2.05, 4.69) is 25.9 Å². The van der Waals surface area contributed by atoms with Crippen molar-refractivity contribution in [3.8, 4) is 0 Å². The molecule has 0 saturated heterocycles. The largest absolute Gasteiger partial charge is 0.336 e. The van der Waals surface area contributed by atoms with Gasteiger partial charge in [-0.3, -0.25) is 5.01 Å². The lowest BCUT2D eigenvalue weighted by Crippen LogP contribution is -2.49. The van der Waals surface area contributed by atoms with Gasteiger partial charge in [0.2, 0.25) is 3.79 Å². The first-order chi connectivity index (χ1) is 7.86. The second-order valence-corrected chi connectivity index (χ2v) is 7.12. The van der Waals surface area contributed by atoms with E-state index >= 15 is 0 Å². The lowest BCUT2D eigenvalue weighted by Gasteiger charge is -2.35. The van der Waals surface area contributed by atoms with Crippen molar-refractivity contribution in [1.29, 1.82) is 0 Å². The molecule has 1 aliphatic heterocycles. The number of hydrogen-bond acceptors (Lipinski definition) is 3. The van der Waals surface area contributed by atoms with Gasteiger partial charge in [-0.2, -0.15) is 5.10 Å². The van der Waals surface area contributed by atoms with Crippen molar-refractivity contribution >= 4 is 41.1 Å². The van der Waals surface area contributed by atoms with E-state index < -0.39 is 3.79 Å². The van der Waals surface area contributed by atoms with Gasteiger partial charge >= 0.3 is 0 Å². The predicted octanol–water partition coefficient (Wildman–Crippen LogP) is 3.70. The topological polar surface area (TPSA) is 18.8 Å². The third-order valence-electron chi connectivity index (χ3n) is 2.55. The SMILES string of the molecule is CCCCN1N=CN(CC(C)C)C1C(Cl)(Cl)Cl. The van der Waals surface area contributed by atoms with Crippen molar-refractivity contribution in [3.05, 3.63) is 0 Å². The average Bonchev–Trinajstić information content (AvgIpc) is 2.56. The number of hydrogen-bond donors (Lipinski definition) is 0. The molecule has 6 heteroatoms. The molecule has 0 spiro atoms. The maximum absolute atomic E-state index is 6.06. The van der Waals surface area contributed by atoms with Crippen molar-refractivity contribution in [1.82, 2.24) is 9.91 Å². The summed E-state index contributed by atoms with van der Waals surface area (Å²) in [6.07, 6.45) is 3.64. The summed E-state index contributed by atoms with van der Waals surface area (Å²) in [5.41, 5.74) is 0. The van der Waals surface area contributed by atoms with Crippen LogP contribution in [0.15, 0.2) is 5.10 Å². The number of nitrogens with zero attached hydrogens (tertiary/aromatic N) is 3. The smallest absolute Gasteiger partial charge is 0.230 e. The van der Waals surface area contributed by atoms with Crippen molar-refractivity contribution in [2.45, 2.75) is 43.6 Å². The van der Waals surface area contributed by atoms with Gasteiger partial charge < -0.3 is 4.90 Å². The van der Waals surface area contributed by atoms with Crippen LogP contribution in [0.3, 0.4) is 0 Å². The van der Waals surface area contributed by atoms with Gasteiger partial charge in [0, 0.05) is 13.1 Å². The van der Waals surface area contributed by atoms with Crippen LogP contribution in [0.25, 0.3) is 0 Å². The average molecular weight is 301 g/mol. The Hall–Kier alpha value is 0.140. The van der Waals surface area contributed by atoms with E-state index in [-0.39, 0.29) is 6.17 Å². The van der Waals surface area contributed by atoms with E-state index in [0.717, 1.165) is 25.9 Å². The van der Waals surface area contributed by atoms with E-state index in [1.54, 1.807) is 6.34 Å². The molecule has 0 bridgehead atoms. The maximum Gasteiger partial charge on any atom is 0.230 e. The molecular formula is C11H20Cl3N3. The normalized spacial score (nSPS) is 20.8. The van der Waals surface area contributed by atoms with Gasteiger partial charge in [-0.05, 0) is 12.3 Å². The minimum Gasteiger partial charge on any atom is -0.336 e. The third-order valence-corrected chi connectivity index (χ3v) is 3.14. The molecule has 1 rings (SSSR count). The number of unbranched alkanes of at least 4 members (excludes halogenated alkanes) is 1. The molecule has 0 N–H and O–H groups in total. The van der Waals surface area contributed by atoms with E-state index in [9.17, 15) is 0 Å². The first-order valence-corrected chi connectivity index (χ1v) is 7.12. The molecule has 0 saturated carbocycles. The van der Waals surface area contributed by atoms with Crippen LogP contribution >= 0.6 is 34.8 Å². The van der Waals surface area contributed by atoms with Gasteiger partial charge in [-0.15, -0.1) is 0 Å². The second kappa shape index (κ2) is 6.35. The number of rotatable bonds is 5. The lowest BCUT2D eigenvalue weighted by molar-refractivity contribution is 0.124. The van der Waals surface area contributed by atoms with Crippen LogP contribution < -0.4 is 0 Å². The summed E-state index contributed by atoms with van der Waals surface area (Å²) in [5.74, 6) is 0.502. The fourth-order valence-corrected chi connectivity index (χ4v) is 2.57. The highest BCUT2D eigenvalue weighted by Crippen LogP contribution is 2.37. The number of alkyl halides is 3. The molecule has 0 aromatic rings. The monoisotopic (exact) mass is 299 g/mol. The molecule has 3 nitrogen and oxygen atoms in total. The molecule has 0 aromatic heterocycles. The summed E-state index contributed by atoms with van der Waals surface area (Å²) in [4.78, 5) is 2.01. The van der Waals surface area contributed by atoms with Crippen molar-refractivity contribution in [2.24, 2.45) is 11.0 Å². The summed E-state index contributed by atoms with van der Waals surface area (Å²) >= 11 is 18.2. The van der Waals surface area contributed by atoms with Gasteiger partial charge in [-0.1, -0.05) is 62.0 Å². The third kappa shape index (κ3) is 4.38. The Kier molecular flexibility index (Phi) is 5.68. The molecule has 0 radical (unpaired) electrons. The van der Waals surface area contributed by atoms with Gasteiger partial charge in [0.05, 0.1) is 0 Å². The standard InChI is InChI=1S/C11H20Cl3N3/c1-4-5-6-17-10(11(12,13)14)16(8-15-17)7-9(2)3/h8-10H,4-7H2,1-3H3. The Morgan fingerprint density at radius 1 is 1.35 bits per heavy atom. The minimum absolute atomic E-state index is 0.290. The van der Waals surface area contributed by atoms with Gasteiger partial charge in [0.25, 0.3) is 0 Å². The summed E-state index contributed by atoms with van der Waals surface area (Å²) in [6, 6.07) is 0. The fraction of sp³-hybridized carbons (Fsp3) is 0.909. The summed E-state index contributed by atoms with van der Waals surface area (Å²) in [5, 5.41) is 6.21. The lowest BCUT2D eigenvalue weighted by atomic mass is 10.2. The van der Waals surface area contributed by atoms with Crippen LogP contribution in [0.4, 0.5) is 0 Å². The molecule has 100 valence electrons. The van der Waals surface area contributed by atoms with Gasteiger partial charge in [0.15, 0.2) is 6.17 Å². The molecule has 1 heterocycles. The minimum atomic E-state index is -1.35. The van der Waals surface area contributed by atoms with Crippen LogP contribution in [-0.4, -0.2) is 39.3 Å². The molecule has 0 fully saturated rings. The fourth-order valence-electron chi connectivity index (χ4n) is 1.86. The number of hydrazone groups is 1. The van der Waals surface area contributed by atoms with Crippen molar-refractivity contribution in [2.75, 3.05) is 13.1 Å². The molecular weight excluding hydrogens is 281 g/mol. The second-order valence-electron chi connectivity index (χ2n) is 4.75. The quantitative estimate of drug-likeness (QED) is 0.721. The predicted molar refractivity (Wildman–Crippen MR) is 75.7 cm³/mol. The molecule has 1 atom stereocenters. The van der Waals surface area contributed by atoms with E-state index in [1.165, 1.54) is 0 Å². The van der Waals surface area contributed by atoms with Gasteiger partial charge in [-0.25, -0.2) is 0 Å². The van der Waals surface area contributed by atoms with Gasteiger partial charge in [0.1, 0.15) is 6.34 Å². The van der Waals surface area contributed by atoms with Crippen molar-refractivity contribution < 1.29 is 0 Å². The van der Waals surface area contributed by atoms with E-state index in [0.29, 0.717) is 5.92 Å². The highest BCUT2D eigenvalue weighted by molar-refractivity contribution is 6.68. The van der Waals surface area contributed by atoms with Crippen molar-refractivity contribution in [3.63, 3.8) is 0 Å². The molecule has 17 heavy (non-hydrogen) atoms. The highest BCUT2D eigenvalue weighted by atomic mass is 35.6. The zero-order valence-corrected chi connectivity index (χ0v) is 12.8. The highest BCUT2D eigenvalue weighted by Gasteiger charge is 2.43. The van der Waals surface area contributed by atoms with Crippen LogP contribution in [0.5, 0.6) is 0 Å². The molecule has 1 unspecified atom stereocenters. The zero-order chi connectivity index (χ0) is 13.1. The van der Waals surface area contributed by atoms with Crippen LogP contribution in [0, 0.1) is 5.92 Å². The Morgan fingerprint density at radius 2 is 2.00 bits per heavy atom. The maximum atomic E-state index is 6.06. The Labute approximate surface area is 119 Å². The zero-order valence-electron chi connectivity index (χ0n) is 10.5.